The number of nitrogens with zero attached hydrogens (tertiary/aromatic N) is 11. The number of aromatic nitrogens is 11. The maximum Gasteiger partial charge on any atom is 0.0795 e. The van der Waals surface area contributed by atoms with Crippen molar-refractivity contribution in [1.29, 1.82) is 0 Å². The Morgan fingerprint density at radius 3 is 0.783 bits per heavy atom. The lowest BCUT2D eigenvalue weighted by Gasteiger charge is -2.11. The number of benzene rings is 22. The summed E-state index contributed by atoms with van der Waals surface area (Å²) in [4.78, 5) is 0. The first-order valence-electron chi connectivity index (χ1n) is 49.6. The van der Waals surface area contributed by atoms with Crippen molar-refractivity contribution >= 4 is 290 Å². The Morgan fingerprint density at radius 2 is 0.343 bits per heavy atom. The minimum atomic E-state index is 1.09. The molecule has 22 aromatic carbocycles. The van der Waals surface area contributed by atoms with Crippen molar-refractivity contribution in [3.63, 3.8) is 0 Å². The first-order valence-corrected chi connectivity index (χ1v) is 49.6. The summed E-state index contributed by atoms with van der Waals surface area (Å²) in [6, 6.07) is 169. The molecular formula is C132H73N11. The van der Waals surface area contributed by atoms with Crippen LogP contribution in [0.4, 0.5) is 0 Å². The monoisotopic (exact) mass is 1810 g/mol. The molecule has 11 nitrogen and oxygen atoms in total. The van der Waals surface area contributed by atoms with Gasteiger partial charge in [-0.25, -0.2) is 0 Å². The standard InChI is InChI=1S/C132H73N11/c1-9-39-100-79(27-1)80-28-2-10-40-101(80)133(100)76-60-68-111-98(72-76)91-62-61-89-83-31-5-14-44-105(83)141-120-55-25-37-87-96-69-74(57-66-109(96)136(125(87)120)113-48-18-21-51-116(113)139(111)129(91)127(89)141)78-35-23-53-118-122(78)93-64-63-90-82-30-4-13-43-104(82)138-115-50-20-17-47-112(115)137-110-67-59-77(71-97(110)88-38-26-56-121(126(88)137)143(118)130(93)128(90)138)134-102-41-11-6-32-84(102)95-70-75(58-65-108(95)134)94-73-99-85-33-7-15-45-106(85)142-119-54-24-36-86-81-29-3-12-42-103(81)135(124(86)119)114-49-19-22-52-117(114)140-107-46-16-8-34-92(107)123(94)132(140)131(99)142/h1-73H. The molecule has 0 saturated carbocycles. The van der Waals surface area contributed by atoms with E-state index in [2.05, 4.69) is 492 Å². The molecule has 0 unspecified atom stereocenters. The maximum atomic E-state index is 2.65. The zero-order valence-electron chi connectivity index (χ0n) is 76.6. The Balaban J connectivity index is 0.586. The molecule has 143 heavy (non-hydrogen) atoms. The molecule has 0 amide bonds. The highest BCUT2D eigenvalue weighted by Crippen LogP contribution is 2.53. The van der Waals surface area contributed by atoms with Crippen molar-refractivity contribution in [2.75, 3.05) is 0 Å². The zero-order valence-corrected chi connectivity index (χ0v) is 76.6. The summed E-state index contributed by atoms with van der Waals surface area (Å²) < 4.78 is 28.3. The molecule has 0 spiro atoms. The van der Waals surface area contributed by atoms with Gasteiger partial charge in [0.05, 0.1) is 171 Å². The molecule has 0 atom stereocenters. The van der Waals surface area contributed by atoms with E-state index in [9.17, 15) is 0 Å². The van der Waals surface area contributed by atoms with Gasteiger partial charge in [0, 0.05) is 130 Å². The van der Waals surface area contributed by atoms with E-state index in [-0.39, 0.29) is 0 Å². The van der Waals surface area contributed by atoms with Crippen molar-refractivity contribution < 1.29 is 0 Å². The molecule has 14 heterocycles. The fraction of sp³-hybridized carbons (Fsp3) is 0. The van der Waals surface area contributed by atoms with E-state index in [4.69, 9.17) is 0 Å². The Hall–Kier alpha value is -19.4. The van der Waals surface area contributed by atoms with Crippen molar-refractivity contribution in [3.05, 3.63) is 443 Å². The summed E-state index contributed by atoms with van der Waals surface area (Å²) in [6.07, 6.45) is 0. The lowest BCUT2D eigenvalue weighted by molar-refractivity contribution is 1.18. The van der Waals surface area contributed by atoms with Crippen LogP contribution in [0.5, 0.6) is 0 Å². The molecule has 0 saturated heterocycles. The second kappa shape index (κ2) is 26.1. The van der Waals surface area contributed by atoms with E-state index in [1.54, 1.807) is 0 Å². The van der Waals surface area contributed by atoms with E-state index in [0.29, 0.717) is 0 Å². The molecule has 0 N–H and O–H groups in total. The van der Waals surface area contributed by atoms with Crippen LogP contribution in [0.2, 0.25) is 0 Å². The SMILES string of the molecule is c1ccc2c(c1)c1ccccc1n2-c1ccc2c(c1)c1ccc3c4ccccc4n4c5cccc6c7cc(-c8cccc9c8c8ccc%10c%11ccccc%11n%11c%12ccccc%12n%12c%13ccc(-n%14c%15ccccc%15c%15cc(-c%16cc%17c%18ccccc%18n%18c%19cccc%20c%21ccccc%21n(c%21ccccc%21n%21c%22ccccc%22c%16c%21c%17%18)c%20%19)ccc%15%14)cc%13c%13cccc(c%13%12)n9c8c%10%11)ccc7n(c7ccccc7n2c1c34)c65. The van der Waals surface area contributed by atoms with Crippen LogP contribution in [0.15, 0.2) is 443 Å². The van der Waals surface area contributed by atoms with Gasteiger partial charge in [-0.05, 0) is 198 Å². The van der Waals surface area contributed by atoms with E-state index in [1.807, 2.05) is 0 Å². The second-order valence-corrected chi connectivity index (χ2v) is 39.6. The van der Waals surface area contributed by atoms with Crippen LogP contribution in [0.3, 0.4) is 0 Å². The van der Waals surface area contributed by atoms with Crippen LogP contribution >= 0.6 is 0 Å². The van der Waals surface area contributed by atoms with Crippen molar-refractivity contribution in [3.8, 4) is 33.6 Å². The van der Waals surface area contributed by atoms with Crippen molar-refractivity contribution in [2.24, 2.45) is 0 Å². The van der Waals surface area contributed by atoms with E-state index >= 15 is 0 Å². The highest BCUT2D eigenvalue weighted by molar-refractivity contribution is 6.34. The van der Waals surface area contributed by atoms with Crippen LogP contribution in [0.1, 0.15) is 0 Å². The van der Waals surface area contributed by atoms with Crippen LogP contribution in [-0.2, 0) is 0 Å². The molecular weight excluding hydrogens is 1740 g/mol. The van der Waals surface area contributed by atoms with Gasteiger partial charge in [0.15, 0.2) is 0 Å². The number of fused-ring (bicyclic) bond motifs is 45. The molecule has 0 bridgehead atoms. The van der Waals surface area contributed by atoms with E-state index in [1.165, 1.54) is 190 Å². The minimum absolute atomic E-state index is 1.09. The maximum absolute atomic E-state index is 2.65. The molecule has 656 valence electrons. The number of para-hydroxylation sites is 17. The van der Waals surface area contributed by atoms with Gasteiger partial charge < -0.3 is 48.7 Å². The number of rotatable bonds is 4. The van der Waals surface area contributed by atoms with Gasteiger partial charge >= 0.3 is 0 Å². The summed E-state index contributed by atoms with van der Waals surface area (Å²) in [5.41, 5.74) is 42.6. The average molecular weight is 1810 g/mol. The lowest BCUT2D eigenvalue weighted by atomic mass is 9.95. The zero-order chi connectivity index (χ0) is 92.0. The lowest BCUT2D eigenvalue weighted by Crippen LogP contribution is -1.94. The van der Waals surface area contributed by atoms with Gasteiger partial charge in [-0.15, -0.1) is 0 Å². The smallest absolute Gasteiger partial charge is 0.0795 e. The molecule has 11 heteroatoms. The summed E-state index contributed by atoms with van der Waals surface area (Å²) in [5, 5.41) is 26.5. The van der Waals surface area contributed by atoms with Crippen LogP contribution < -0.4 is 0 Å². The van der Waals surface area contributed by atoms with Crippen LogP contribution in [-0.4, -0.2) is 48.7 Å². The third-order valence-electron chi connectivity index (χ3n) is 33.1. The minimum Gasteiger partial charge on any atom is -0.309 e. The van der Waals surface area contributed by atoms with E-state index in [0.717, 1.165) is 133 Å². The molecule has 0 aliphatic rings. The quantitative estimate of drug-likeness (QED) is 0.169. The highest BCUT2D eigenvalue weighted by atomic mass is 15.1. The third kappa shape index (κ3) is 8.91. The Morgan fingerprint density at radius 1 is 0.105 bits per heavy atom. The molecule has 0 fully saturated rings. The third-order valence-corrected chi connectivity index (χ3v) is 33.1. The van der Waals surface area contributed by atoms with Gasteiger partial charge in [0.25, 0.3) is 0 Å². The van der Waals surface area contributed by atoms with Gasteiger partial charge in [-0.1, -0.05) is 267 Å². The first kappa shape index (κ1) is 73.9. The van der Waals surface area contributed by atoms with Crippen LogP contribution in [0, 0.1) is 0 Å². The predicted octanol–water partition coefficient (Wildman–Crippen LogP) is 34.2. The van der Waals surface area contributed by atoms with Gasteiger partial charge in [0.1, 0.15) is 0 Å². The molecule has 14 aromatic heterocycles. The highest BCUT2D eigenvalue weighted by Gasteiger charge is 2.32. The fourth-order valence-corrected chi connectivity index (χ4v) is 27.7. The van der Waals surface area contributed by atoms with Crippen molar-refractivity contribution in [1.82, 2.24) is 48.7 Å². The second-order valence-electron chi connectivity index (χ2n) is 39.6. The first-order chi connectivity index (χ1) is 71.1. The molecule has 0 aliphatic heterocycles. The largest absolute Gasteiger partial charge is 0.309 e. The topological polar surface area (TPSA) is 49.5 Å². The number of hydrogen-bond acceptors (Lipinski definition) is 0. The van der Waals surface area contributed by atoms with Gasteiger partial charge in [-0.2, -0.15) is 0 Å². The van der Waals surface area contributed by atoms with Crippen molar-refractivity contribution in [2.45, 2.75) is 0 Å². The Kier molecular flexibility index (Phi) is 13.5. The van der Waals surface area contributed by atoms with Gasteiger partial charge in [0.2, 0.25) is 0 Å². The average Bonchev–Trinajstić information content (AvgIpc) is 1.53. The molecule has 0 aliphatic carbocycles. The normalized spacial score (nSPS) is 12.9. The van der Waals surface area contributed by atoms with Gasteiger partial charge in [-0.3, -0.25) is 0 Å². The fourth-order valence-electron chi connectivity index (χ4n) is 27.7. The summed E-state index contributed by atoms with van der Waals surface area (Å²) in [7, 11) is 0. The predicted molar refractivity (Wildman–Crippen MR) is 600 cm³/mol. The molecule has 0 radical (unpaired) electrons. The molecule has 36 aromatic rings. The van der Waals surface area contributed by atoms with Crippen LogP contribution in [0.25, 0.3) is 323 Å². The Labute approximate surface area is 809 Å². The molecule has 36 rings (SSSR count). The summed E-state index contributed by atoms with van der Waals surface area (Å²) in [6.45, 7) is 0. The summed E-state index contributed by atoms with van der Waals surface area (Å²) >= 11 is 0. The van der Waals surface area contributed by atoms with E-state index < -0.39 is 0 Å². The number of hydrogen-bond donors (Lipinski definition) is 0. The Bertz CT molecular complexity index is 12400. The summed E-state index contributed by atoms with van der Waals surface area (Å²) in [5.74, 6) is 0.